The highest BCUT2D eigenvalue weighted by molar-refractivity contribution is 5.38. The number of rotatable bonds is 7. The Bertz CT molecular complexity index is 377. The van der Waals surface area contributed by atoms with Gasteiger partial charge in [-0.3, -0.25) is 0 Å². The summed E-state index contributed by atoms with van der Waals surface area (Å²) in [6.07, 6.45) is 6.86. The normalized spacial score (nSPS) is 16.7. The van der Waals surface area contributed by atoms with E-state index in [0.717, 1.165) is 18.2 Å². The van der Waals surface area contributed by atoms with E-state index >= 15 is 0 Å². The summed E-state index contributed by atoms with van der Waals surface area (Å²) in [5.41, 5.74) is 0. The molecule has 0 aromatic carbocycles. The molecule has 0 spiro atoms. The fourth-order valence-corrected chi connectivity index (χ4v) is 2.02. The third-order valence-corrected chi connectivity index (χ3v) is 3.16. The van der Waals surface area contributed by atoms with Crippen LogP contribution in [-0.4, -0.2) is 22.1 Å². The van der Waals surface area contributed by atoms with Gasteiger partial charge >= 0.3 is 0 Å². The third kappa shape index (κ3) is 4.17. The van der Waals surface area contributed by atoms with E-state index in [-0.39, 0.29) is 6.10 Å². The van der Waals surface area contributed by atoms with Crippen LogP contribution in [0.3, 0.4) is 0 Å². The molecule has 2 rings (SSSR count). The highest BCUT2D eigenvalue weighted by atomic mass is 16.5. The number of hydrogen-bond donors (Lipinski definition) is 1. The van der Waals surface area contributed by atoms with E-state index in [0.29, 0.717) is 11.9 Å². The van der Waals surface area contributed by atoms with Gasteiger partial charge < -0.3 is 10.1 Å². The van der Waals surface area contributed by atoms with Crippen molar-refractivity contribution in [1.82, 2.24) is 9.97 Å². The summed E-state index contributed by atoms with van der Waals surface area (Å²) >= 11 is 0. The number of anilines is 1. The Morgan fingerprint density at radius 2 is 2.17 bits per heavy atom. The average Bonchev–Trinajstić information content (AvgIpc) is 3.11. The van der Waals surface area contributed by atoms with Crippen LogP contribution in [0.25, 0.3) is 0 Å². The molecule has 1 saturated carbocycles. The molecule has 0 amide bonds. The molecule has 1 aliphatic carbocycles. The maximum atomic E-state index is 5.57. The van der Waals surface area contributed by atoms with Crippen molar-refractivity contribution in [3.8, 4) is 5.88 Å². The number of nitrogens with zero attached hydrogens (tertiary/aromatic N) is 2. The third-order valence-electron chi connectivity index (χ3n) is 3.16. The Morgan fingerprint density at radius 1 is 1.39 bits per heavy atom. The lowest BCUT2D eigenvalue weighted by molar-refractivity contribution is 0.232. The molecule has 0 aliphatic heterocycles. The predicted octanol–water partition coefficient (Wildman–Crippen LogP) is 3.25. The van der Waals surface area contributed by atoms with Gasteiger partial charge in [0.1, 0.15) is 12.1 Å². The molecule has 18 heavy (non-hydrogen) atoms. The van der Waals surface area contributed by atoms with Gasteiger partial charge in [0.15, 0.2) is 0 Å². The second kappa shape index (κ2) is 6.03. The molecule has 100 valence electrons. The molecular weight excluding hydrogens is 226 g/mol. The van der Waals surface area contributed by atoms with E-state index in [1.54, 1.807) is 6.33 Å². The van der Waals surface area contributed by atoms with Gasteiger partial charge in [0.2, 0.25) is 5.88 Å². The summed E-state index contributed by atoms with van der Waals surface area (Å²) in [5, 5.41) is 3.48. The lowest BCUT2D eigenvalue weighted by atomic mass is 10.1. The summed E-state index contributed by atoms with van der Waals surface area (Å²) in [6, 6.07) is 2.40. The van der Waals surface area contributed by atoms with Gasteiger partial charge in [0, 0.05) is 12.1 Å². The minimum atomic E-state index is 0.140. The van der Waals surface area contributed by atoms with E-state index in [2.05, 4.69) is 22.2 Å². The van der Waals surface area contributed by atoms with Crippen molar-refractivity contribution in [3.63, 3.8) is 0 Å². The zero-order chi connectivity index (χ0) is 13.0. The molecule has 1 aromatic rings. The Hall–Kier alpha value is -1.32. The smallest absolute Gasteiger partial charge is 0.218 e. The summed E-state index contributed by atoms with van der Waals surface area (Å²) in [5.74, 6) is 2.44. The Morgan fingerprint density at radius 3 is 2.78 bits per heavy atom. The van der Waals surface area contributed by atoms with Crippen LogP contribution >= 0.6 is 0 Å². The highest BCUT2D eigenvalue weighted by Crippen LogP contribution is 2.34. The van der Waals surface area contributed by atoms with Gasteiger partial charge in [-0.2, -0.15) is 0 Å². The van der Waals surface area contributed by atoms with Crippen LogP contribution in [0.2, 0.25) is 0 Å². The monoisotopic (exact) mass is 249 g/mol. The molecule has 1 aromatic heterocycles. The lowest BCUT2D eigenvalue weighted by Gasteiger charge is -2.17. The first-order valence-corrected chi connectivity index (χ1v) is 6.92. The van der Waals surface area contributed by atoms with Crippen molar-refractivity contribution in [2.45, 2.75) is 58.6 Å². The standard InChI is InChI=1S/C14H23N3O/c1-4-12(7-11-5-6-11)17-13-8-14(16-9-15-13)18-10(2)3/h8-12H,4-7H2,1-3H3,(H,15,16,17). The fourth-order valence-electron chi connectivity index (χ4n) is 2.02. The van der Waals surface area contributed by atoms with Crippen LogP contribution in [0.1, 0.15) is 46.5 Å². The molecular formula is C14H23N3O. The van der Waals surface area contributed by atoms with E-state index in [1.165, 1.54) is 19.3 Å². The van der Waals surface area contributed by atoms with E-state index < -0.39 is 0 Å². The van der Waals surface area contributed by atoms with Crippen LogP contribution < -0.4 is 10.1 Å². The van der Waals surface area contributed by atoms with Crippen molar-refractivity contribution < 1.29 is 4.74 Å². The first-order chi connectivity index (χ1) is 8.67. The van der Waals surface area contributed by atoms with Gasteiger partial charge in [-0.05, 0) is 32.6 Å². The topological polar surface area (TPSA) is 47.0 Å². The molecule has 4 nitrogen and oxygen atoms in total. The maximum absolute atomic E-state index is 5.57. The second-order valence-electron chi connectivity index (χ2n) is 5.34. The summed E-state index contributed by atoms with van der Waals surface area (Å²) in [7, 11) is 0. The van der Waals surface area contributed by atoms with Crippen LogP contribution in [-0.2, 0) is 0 Å². The van der Waals surface area contributed by atoms with Gasteiger partial charge in [-0.1, -0.05) is 19.8 Å². The Balaban J connectivity index is 1.93. The minimum absolute atomic E-state index is 0.140. The molecule has 1 heterocycles. The molecule has 1 atom stereocenters. The first kappa shape index (κ1) is 13.1. The van der Waals surface area contributed by atoms with Crippen LogP contribution in [0.15, 0.2) is 12.4 Å². The highest BCUT2D eigenvalue weighted by Gasteiger charge is 2.24. The van der Waals surface area contributed by atoms with E-state index in [9.17, 15) is 0 Å². The van der Waals surface area contributed by atoms with Crippen LogP contribution in [0.5, 0.6) is 5.88 Å². The predicted molar refractivity (Wildman–Crippen MR) is 72.8 cm³/mol. The van der Waals surface area contributed by atoms with Gasteiger partial charge in [0.05, 0.1) is 6.10 Å². The molecule has 1 unspecified atom stereocenters. The summed E-state index contributed by atoms with van der Waals surface area (Å²) < 4.78 is 5.57. The molecule has 1 aliphatic rings. The van der Waals surface area contributed by atoms with Crippen molar-refractivity contribution >= 4 is 5.82 Å². The number of ether oxygens (including phenoxy) is 1. The van der Waals surface area contributed by atoms with Gasteiger partial charge in [-0.25, -0.2) is 9.97 Å². The Labute approximate surface area is 109 Å². The van der Waals surface area contributed by atoms with Crippen molar-refractivity contribution in [2.75, 3.05) is 5.32 Å². The zero-order valence-corrected chi connectivity index (χ0v) is 11.5. The molecule has 0 bridgehead atoms. The molecule has 1 fully saturated rings. The molecule has 0 saturated heterocycles. The zero-order valence-electron chi connectivity index (χ0n) is 11.5. The van der Waals surface area contributed by atoms with Crippen LogP contribution in [0, 0.1) is 5.92 Å². The SMILES string of the molecule is CCC(CC1CC1)Nc1cc(OC(C)C)ncn1. The fraction of sp³-hybridized carbons (Fsp3) is 0.714. The van der Waals surface area contributed by atoms with Crippen molar-refractivity contribution in [2.24, 2.45) is 5.92 Å². The summed E-state index contributed by atoms with van der Waals surface area (Å²) in [6.45, 7) is 6.21. The number of aromatic nitrogens is 2. The minimum Gasteiger partial charge on any atom is -0.475 e. The largest absolute Gasteiger partial charge is 0.475 e. The summed E-state index contributed by atoms with van der Waals surface area (Å²) in [4.78, 5) is 8.37. The van der Waals surface area contributed by atoms with Crippen LogP contribution in [0.4, 0.5) is 5.82 Å². The molecule has 4 heteroatoms. The molecule has 1 N–H and O–H groups in total. The first-order valence-electron chi connectivity index (χ1n) is 6.92. The second-order valence-corrected chi connectivity index (χ2v) is 5.34. The molecule has 0 radical (unpaired) electrons. The van der Waals surface area contributed by atoms with E-state index in [1.807, 2.05) is 19.9 Å². The lowest BCUT2D eigenvalue weighted by Crippen LogP contribution is -2.20. The van der Waals surface area contributed by atoms with Crippen molar-refractivity contribution in [3.05, 3.63) is 12.4 Å². The van der Waals surface area contributed by atoms with Crippen molar-refractivity contribution in [1.29, 1.82) is 0 Å². The van der Waals surface area contributed by atoms with Gasteiger partial charge in [0.25, 0.3) is 0 Å². The Kier molecular flexibility index (Phi) is 4.39. The maximum Gasteiger partial charge on any atom is 0.218 e. The number of nitrogens with one attached hydrogen (secondary N) is 1. The van der Waals surface area contributed by atoms with Gasteiger partial charge in [-0.15, -0.1) is 0 Å². The number of hydrogen-bond acceptors (Lipinski definition) is 4. The average molecular weight is 249 g/mol. The quantitative estimate of drug-likeness (QED) is 0.805. The van der Waals surface area contributed by atoms with E-state index in [4.69, 9.17) is 4.74 Å².